The van der Waals surface area contributed by atoms with Crippen LogP contribution in [0.1, 0.15) is 11.6 Å². The molecule has 1 aliphatic rings. The van der Waals surface area contributed by atoms with E-state index in [1.165, 1.54) is 0 Å². The topological polar surface area (TPSA) is 76.1 Å². The van der Waals surface area contributed by atoms with E-state index >= 15 is 0 Å². The van der Waals surface area contributed by atoms with Gasteiger partial charge in [0, 0.05) is 4.47 Å². The fourth-order valence-corrected chi connectivity index (χ4v) is 2.01. The summed E-state index contributed by atoms with van der Waals surface area (Å²) in [5.74, 6) is 0. The van der Waals surface area contributed by atoms with E-state index in [0.717, 1.165) is 10.0 Å². The Bertz CT molecular complexity index is 330. The zero-order chi connectivity index (χ0) is 10.1. The lowest BCUT2D eigenvalue weighted by Crippen LogP contribution is -2.45. The van der Waals surface area contributed by atoms with E-state index in [0.29, 0.717) is 0 Å². The van der Waals surface area contributed by atoms with Gasteiger partial charge in [0.25, 0.3) is 0 Å². The van der Waals surface area contributed by atoms with E-state index < -0.39 is 0 Å². The molecule has 0 aromatic heterocycles. The minimum Gasteiger partial charge on any atom is -0.324 e. The molecule has 1 aromatic rings. The van der Waals surface area contributed by atoms with Crippen LogP contribution in [-0.2, 0) is 0 Å². The van der Waals surface area contributed by atoms with Crippen molar-refractivity contribution < 1.29 is 0 Å². The van der Waals surface area contributed by atoms with Crippen molar-refractivity contribution >= 4 is 15.9 Å². The Labute approximate surface area is 91.1 Å². The monoisotopic (exact) mass is 256 g/mol. The van der Waals surface area contributed by atoms with Crippen molar-refractivity contribution in [3.05, 3.63) is 34.3 Å². The quantitative estimate of drug-likeness (QED) is 0.580. The molecule has 5 heteroatoms. The number of benzene rings is 1. The second-order valence-corrected chi connectivity index (χ2v) is 4.34. The molecule has 0 bridgehead atoms. The van der Waals surface area contributed by atoms with E-state index in [1.54, 1.807) is 0 Å². The molecule has 0 aliphatic carbocycles. The second-order valence-electron chi connectivity index (χ2n) is 3.42. The van der Waals surface area contributed by atoms with Gasteiger partial charge in [0.05, 0.1) is 18.2 Å². The highest BCUT2D eigenvalue weighted by atomic mass is 79.9. The molecule has 0 saturated carbocycles. The van der Waals surface area contributed by atoms with Crippen LogP contribution in [0.3, 0.4) is 0 Å². The normalized spacial score (nSPS) is 32.1. The smallest absolute Gasteiger partial charge is 0.0851 e. The number of hydrogen-bond acceptors (Lipinski definition) is 4. The van der Waals surface area contributed by atoms with Gasteiger partial charge in [-0.15, -0.1) is 0 Å². The first-order valence-electron chi connectivity index (χ1n) is 4.46. The van der Waals surface area contributed by atoms with Crippen LogP contribution in [0.4, 0.5) is 0 Å². The van der Waals surface area contributed by atoms with E-state index in [-0.39, 0.29) is 18.2 Å². The third-order valence-electron chi connectivity index (χ3n) is 2.41. The number of hydrogen-bond donors (Lipinski definition) is 4. The minimum absolute atomic E-state index is 0.0718. The molecule has 2 rings (SSSR count). The lowest BCUT2D eigenvalue weighted by atomic mass is 10.0. The van der Waals surface area contributed by atoms with Gasteiger partial charge in [-0.1, -0.05) is 28.1 Å². The van der Waals surface area contributed by atoms with E-state index in [9.17, 15) is 0 Å². The summed E-state index contributed by atoms with van der Waals surface area (Å²) in [5, 5.41) is 0. The molecule has 0 spiro atoms. The van der Waals surface area contributed by atoms with E-state index in [4.69, 9.17) is 11.5 Å². The van der Waals surface area contributed by atoms with E-state index in [1.807, 2.05) is 24.3 Å². The van der Waals surface area contributed by atoms with Crippen LogP contribution < -0.4 is 22.3 Å². The number of hydrazine groups is 1. The molecular weight excluding hydrogens is 244 g/mol. The van der Waals surface area contributed by atoms with Gasteiger partial charge >= 0.3 is 0 Å². The molecule has 3 unspecified atom stereocenters. The van der Waals surface area contributed by atoms with Crippen molar-refractivity contribution in [1.29, 1.82) is 0 Å². The predicted octanol–water partition coefficient (Wildman–Crippen LogP) is 0.210. The van der Waals surface area contributed by atoms with Crippen LogP contribution in [0.25, 0.3) is 0 Å². The molecule has 1 fully saturated rings. The van der Waals surface area contributed by atoms with Crippen LogP contribution in [0.5, 0.6) is 0 Å². The van der Waals surface area contributed by atoms with Gasteiger partial charge in [0.15, 0.2) is 0 Å². The SMILES string of the molecule is NC1NNC(c2cccc(Br)c2)C1N. The lowest BCUT2D eigenvalue weighted by molar-refractivity contribution is 0.540. The Hall–Kier alpha value is -0.460. The lowest BCUT2D eigenvalue weighted by Gasteiger charge is -2.16. The highest BCUT2D eigenvalue weighted by Gasteiger charge is 2.31. The van der Waals surface area contributed by atoms with Crippen molar-refractivity contribution in [1.82, 2.24) is 10.9 Å². The Kier molecular flexibility index (Phi) is 2.85. The van der Waals surface area contributed by atoms with Gasteiger partial charge in [-0.3, -0.25) is 0 Å². The highest BCUT2D eigenvalue weighted by Crippen LogP contribution is 2.22. The van der Waals surface area contributed by atoms with Gasteiger partial charge in [-0.05, 0) is 17.7 Å². The first-order chi connectivity index (χ1) is 6.68. The van der Waals surface area contributed by atoms with Crippen LogP contribution in [0.2, 0.25) is 0 Å². The summed E-state index contributed by atoms with van der Waals surface area (Å²) in [6, 6.07) is 8.00. The predicted molar refractivity (Wildman–Crippen MR) is 59.1 cm³/mol. The summed E-state index contributed by atoms with van der Waals surface area (Å²) in [6.45, 7) is 0. The third-order valence-corrected chi connectivity index (χ3v) is 2.91. The van der Waals surface area contributed by atoms with Crippen LogP contribution >= 0.6 is 15.9 Å². The first kappa shape index (κ1) is 10.1. The average Bonchev–Trinajstić information content (AvgIpc) is 2.48. The molecule has 6 N–H and O–H groups in total. The number of rotatable bonds is 1. The van der Waals surface area contributed by atoms with Crippen molar-refractivity contribution in [2.45, 2.75) is 18.2 Å². The summed E-state index contributed by atoms with van der Waals surface area (Å²) >= 11 is 3.42. The highest BCUT2D eigenvalue weighted by molar-refractivity contribution is 9.10. The van der Waals surface area contributed by atoms with Gasteiger partial charge in [0.1, 0.15) is 0 Å². The maximum Gasteiger partial charge on any atom is 0.0851 e. The first-order valence-corrected chi connectivity index (χ1v) is 5.25. The summed E-state index contributed by atoms with van der Waals surface area (Å²) in [5.41, 5.74) is 18.8. The van der Waals surface area contributed by atoms with Crippen molar-refractivity contribution in [2.75, 3.05) is 0 Å². The standard InChI is InChI=1S/C9H13BrN4/c10-6-3-1-2-5(4-6)8-7(11)9(12)14-13-8/h1-4,7-9,13-14H,11-12H2. The van der Waals surface area contributed by atoms with Gasteiger partial charge in [-0.25, -0.2) is 10.9 Å². The molecular formula is C9H13BrN4. The second kappa shape index (κ2) is 3.96. The summed E-state index contributed by atoms with van der Waals surface area (Å²) in [6.07, 6.45) is -0.195. The molecule has 14 heavy (non-hydrogen) atoms. The molecule has 0 radical (unpaired) electrons. The van der Waals surface area contributed by atoms with Crippen LogP contribution in [-0.4, -0.2) is 12.2 Å². The van der Waals surface area contributed by atoms with Crippen LogP contribution in [0, 0.1) is 0 Å². The largest absolute Gasteiger partial charge is 0.324 e. The fourth-order valence-electron chi connectivity index (χ4n) is 1.59. The Morgan fingerprint density at radius 1 is 1.21 bits per heavy atom. The average molecular weight is 257 g/mol. The molecule has 3 atom stereocenters. The summed E-state index contributed by atoms with van der Waals surface area (Å²) in [7, 11) is 0. The maximum atomic E-state index is 5.94. The Morgan fingerprint density at radius 2 is 2.00 bits per heavy atom. The molecule has 1 heterocycles. The molecule has 1 aliphatic heterocycles. The maximum absolute atomic E-state index is 5.94. The summed E-state index contributed by atoms with van der Waals surface area (Å²) < 4.78 is 1.05. The van der Waals surface area contributed by atoms with Crippen molar-refractivity contribution in [3.63, 3.8) is 0 Å². The van der Waals surface area contributed by atoms with Crippen molar-refractivity contribution in [2.24, 2.45) is 11.5 Å². The van der Waals surface area contributed by atoms with Crippen molar-refractivity contribution in [3.8, 4) is 0 Å². The zero-order valence-electron chi connectivity index (χ0n) is 7.57. The Morgan fingerprint density at radius 3 is 2.57 bits per heavy atom. The number of nitrogens with two attached hydrogens (primary N) is 2. The third kappa shape index (κ3) is 1.82. The molecule has 4 nitrogen and oxygen atoms in total. The van der Waals surface area contributed by atoms with Gasteiger partial charge in [0.2, 0.25) is 0 Å². The van der Waals surface area contributed by atoms with Crippen LogP contribution in [0.15, 0.2) is 28.7 Å². The fraction of sp³-hybridized carbons (Fsp3) is 0.333. The summed E-state index contributed by atoms with van der Waals surface area (Å²) in [4.78, 5) is 0. The molecule has 1 saturated heterocycles. The number of halogens is 1. The molecule has 1 aromatic carbocycles. The van der Waals surface area contributed by atoms with Gasteiger partial charge in [-0.2, -0.15) is 0 Å². The zero-order valence-corrected chi connectivity index (χ0v) is 9.16. The molecule has 76 valence electrons. The van der Waals surface area contributed by atoms with Gasteiger partial charge < -0.3 is 11.5 Å². The Balaban J connectivity index is 2.23. The number of nitrogens with one attached hydrogen (secondary N) is 2. The minimum atomic E-state index is -0.195. The van der Waals surface area contributed by atoms with E-state index in [2.05, 4.69) is 26.8 Å². The molecule has 0 amide bonds.